The van der Waals surface area contributed by atoms with Gasteiger partial charge in [-0.15, -0.1) is 0 Å². The summed E-state index contributed by atoms with van der Waals surface area (Å²) in [5, 5.41) is 10.9. The Labute approximate surface area is 207 Å². The first-order chi connectivity index (χ1) is 17.0. The van der Waals surface area contributed by atoms with Crippen LogP contribution in [0.4, 0.5) is 15.1 Å². The summed E-state index contributed by atoms with van der Waals surface area (Å²) >= 11 is 5.87. The second kappa shape index (κ2) is 10.2. The number of benzene rings is 1. The summed E-state index contributed by atoms with van der Waals surface area (Å²) < 4.78 is 21.3. The van der Waals surface area contributed by atoms with Crippen LogP contribution in [-0.2, 0) is 24.8 Å². The molecule has 1 aromatic carbocycles. The SMILES string of the molecule is Cn1ccc([C@@H](NC(=O)N2CCc3cnc(NC4CCOCC4)nc3C2)c2ccc(Cl)c(F)c2)n1. The number of anilines is 1. The lowest BCUT2D eigenvalue weighted by Crippen LogP contribution is -2.44. The van der Waals surface area contributed by atoms with Crippen molar-refractivity contribution in [3.8, 4) is 0 Å². The summed E-state index contributed by atoms with van der Waals surface area (Å²) in [6, 6.07) is 5.67. The van der Waals surface area contributed by atoms with Crippen LogP contribution in [-0.4, -0.2) is 56.5 Å². The Morgan fingerprint density at radius 1 is 1.29 bits per heavy atom. The quantitative estimate of drug-likeness (QED) is 0.558. The molecule has 0 saturated carbocycles. The van der Waals surface area contributed by atoms with E-state index in [1.54, 1.807) is 35.0 Å². The highest BCUT2D eigenvalue weighted by molar-refractivity contribution is 6.30. The van der Waals surface area contributed by atoms with Gasteiger partial charge >= 0.3 is 6.03 Å². The number of halogens is 2. The first-order valence-corrected chi connectivity index (χ1v) is 12.0. The molecule has 0 unspecified atom stereocenters. The molecule has 35 heavy (non-hydrogen) atoms. The first kappa shape index (κ1) is 23.5. The van der Waals surface area contributed by atoms with E-state index >= 15 is 0 Å². The van der Waals surface area contributed by atoms with E-state index in [9.17, 15) is 9.18 Å². The molecule has 3 aromatic rings. The molecule has 11 heteroatoms. The van der Waals surface area contributed by atoms with Gasteiger partial charge in [-0.3, -0.25) is 4.68 Å². The van der Waals surface area contributed by atoms with Crippen LogP contribution in [0.2, 0.25) is 5.02 Å². The van der Waals surface area contributed by atoms with E-state index < -0.39 is 11.9 Å². The molecule has 1 saturated heterocycles. The number of carbonyl (C=O) groups is 1. The van der Waals surface area contributed by atoms with E-state index in [4.69, 9.17) is 21.3 Å². The van der Waals surface area contributed by atoms with Crippen molar-refractivity contribution in [3.05, 3.63) is 70.0 Å². The number of rotatable bonds is 5. The third kappa shape index (κ3) is 5.38. The van der Waals surface area contributed by atoms with E-state index in [0.717, 1.165) is 37.3 Å². The lowest BCUT2D eigenvalue weighted by molar-refractivity contribution is 0.0903. The molecule has 1 fully saturated rings. The minimum absolute atomic E-state index is 0.0253. The number of hydrogen-bond acceptors (Lipinski definition) is 6. The maximum Gasteiger partial charge on any atom is 0.318 e. The smallest absolute Gasteiger partial charge is 0.318 e. The van der Waals surface area contributed by atoms with E-state index in [1.165, 1.54) is 12.1 Å². The number of carbonyl (C=O) groups excluding carboxylic acids is 1. The number of aromatic nitrogens is 4. The van der Waals surface area contributed by atoms with Gasteiger partial charge in [-0.25, -0.2) is 19.2 Å². The van der Waals surface area contributed by atoms with Crippen molar-refractivity contribution in [3.63, 3.8) is 0 Å². The molecular formula is C24H27ClFN7O2. The third-order valence-electron chi connectivity index (χ3n) is 6.36. The van der Waals surface area contributed by atoms with Crippen LogP contribution in [0.15, 0.2) is 36.7 Å². The van der Waals surface area contributed by atoms with E-state index in [2.05, 4.69) is 20.7 Å². The number of hydrogen-bond donors (Lipinski definition) is 2. The summed E-state index contributed by atoms with van der Waals surface area (Å²) in [6.45, 7) is 2.34. The van der Waals surface area contributed by atoms with Gasteiger partial charge < -0.3 is 20.3 Å². The van der Waals surface area contributed by atoms with Crippen LogP contribution >= 0.6 is 11.6 Å². The number of fused-ring (bicyclic) bond motifs is 1. The molecule has 4 heterocycles. The fourth-order valence-electron chi connectivity index (χ4n) is 4.39. The highest BCUT2D eigenvalue weighted by atomic mass is 35.5. The number of urea groups is 1. The summed E-state index contributed by atoms with van der Waals surface area (Å²) in [4.78, 5) is 24.2. The van der Waals surface area contributed by atoms with Gasteiger partial charge in [-0.1, -0.05) is 17.7 Å². The molecule has 0 aliphatic carbocycles. The zero-order chi connectivity index (χ0) is 24.4. The number of aryl methyl sites for hydroxylation is 1. The summed E-state index contributed by atoms with van der Waals surface area (Å²) in [5.41, 5.74) is 3.02. The van der Waals surface area contributed by atoms with Crippen LogP contribution in [0.3, 0.4) is 0 Å². The highest BCUT2D eigenvalue weighted by Crippen LogP contribution is 2.26. The van der Waals surface area contributed by atoms with Crippen molar-refractivity contribution in [2.24, 2.45) is 7.05 Å². The Bertz CT molecular complexity index is 1210. The largest absolute Gasteiger partial charge is 0.381 e. The van der Waals surface area contributed by atoms with Crippen molar-refractivity contribution in [1.29, 1.82) is 0 Å². The Hall–Kier alpha value is -3.24. The molecule has 9 nitrogen and oxygen atoms in total. The lowest BCUT2D eigenvalue weighted by atomic mass is 10.0. The van der Waals surface area contributed by atoms with Gasteiger partial charge in [0.25, 0.3) is 0 Å². The van der Waals surface area contributed by atoms with E-state index in [1.807, 2.05) is 6.20 Å². The predicted molar refractivity (Wildman–Crippen MR) is 129 cm³/mol. The first-order valence-electron chi connectivity index (χ1n) is 11.7. The maximum absolute atomic E-state index is 14.2. The number of amides is 2. The molecule has 0 bridgehead atoms. The fraction of sp³-hybridized carbons (Fsp3) is 0.417. The number of nitrogens with one attached hydrogen (secondary N) is 2. The van der Waals surface area contributed by atoms with Gasteiger partial charge in [0.1, 0.15) is 11.9 Å². The molecule has 2 aromatic heterocycles. The van der Waals surface area contributed by atoms with Crippen LogP contribution in [0.1, 0.15) is 41.4 Å². The Morgan fingerprint density at radius 2 is 2.11 bits per heavy atom. The van der Waals surface area contributed by atoms with Gasteiger partial charge in [0.2, 0.25) is 5.95 Å². The van der Waals surface area contributed by atoms with Gasteiger partial charge in [-0.05, 0) is 48.6 Å². The average molecular weight is 500 g/mol. The van der Waals surface area contributed by atoms with Gasteiger partial charge in [-0.2, -0.15) is 5.10 Å². The van der Waals surface area contributed by atoms with Crippen LogP contribution in [0, 0.1) is 5.82 Å². The average Bonchev–Trinajstić information content (AvgIpc) is 3.30. The zero-order valence-corrected chi connectivity index (χ0v) is 20.1. The number of nitrogens with zero attached hydrogens (tertiary/aromatic N) is 5. The van der Waals surface area contributed by atoms with E-state index in [-0.39, 0.29) is 17.1 Å². The lowest BCUT2D eigenvalue weighted by Gasteiger charge is -2.30. The van der Waals surface area contributed by atoms with Crippen molar-refractivity contribution in [1.82, 2.24) is 30.0 Å². The van der Waals surface area contributed by atoms with Crippen molar-refractivity contribution < 1.29 is 13.9 Å². The molecule has 2 aliphatic rings. The monoisotopic (exact) mass is 499 g/mol. The third-order valence-corrected chi connectivity index (χ3v) is 6.67. The topological polar surface area (TPSA) is 97.2 Å². The van der Waals surface area contributed by atoms with Crippen LogP contribution in [0.25, 0.3) is 0 Å². The van der Waals surface area contributed by atoms with Crippen molar-refractivity contribution in [2.45, 2.75) is 37.9 Å². The second-order valence-corrected chi connectivity index (χ2v) is 9.25. The molecular weight excluding hydrogens is 473 g/mol. The highest BCUT2D eigenvalue weighted by Gasteiger charge is 2.27. The number of ether oxygens (including phenoxy) is 1. The summed E-state index contributed by atoms with van der Waals surface area (Å²) in [6.07, 6.45) is 6.10. The minimum Gasteiger partial charge on any atom is -0.381 e. The molecule has 184 valence electrons. The predicted octanol–water partition coefficient (Wildman–Crippen LogP) is 3.45. The molecule has 2 N–H and O–H groups in total. The van der Waals surface area contributed by atoms with Gasteiger partial charge in [0, 0.05) is 45.2 Å². The molecule has 0 radical (unpaired) electrons. The maximum atomic E-state index is 14.2. The summed E-state index contributed by atoms with van der Waals surface area (Å²) in [5.74, 6) is 0.0217. The Kier molecular flexibility index (Phi) is 6.83. The van der Waals surface area contributed by atoms with Crippen LogP contribution < -0.4 is 10.6 Å². The van der Waals surface area contributed by atoms with Crippen LogP contribution in [0.5, 0.6) is 0 Å². The van der Waals surface area contributed by atoms with Gasteiger partial charge in [0.05, 0.1) is 23.0 Å². The fourth-order valence-corrected chi connectivity index (χ4v) is 4.51. The molecule has 5 rings (SSSR count). The molecule has 2 aliphatic heterocycles. The van der Waals surface area contributed by atoms with Crippen molar-refractivity contribution >= 4 is 23.6 Å². The Morgan fingerprint density at radius 3 is 2.86 bits per heavy atom. The summed E-state index contributed by atoms with van der Waals surface area (Å²) in [7, 11) is 1.79. The van der Waals surface area contributed by atoms with Gasteiger partial charge in [0.15, 0.2) is 0 Å². The molecule has 0 spiro atoms. The standard InChI is InChI=1S/C24H27ClFN7O2/c1-32-8-5-20(31-32)22(15-2-3-18(25)19(26)12-15)30-24(34)33-9-4-16-13-27-23(29-21(16)14-33)28-17-6-10-35-11-7-17/h2-3,5,8,12-13,17,22H,4,6-7,9-11,14H2,1H3,(H,30,34)(H,27,28,29)/t22-/m0/s1. The minimum atomic E-state index is -0.631. The Balaban J connectivity index is 1.32. The second-order valence-electron chi connectivity index (χ2n) is 8.84. The molecule has 1 atom stereocenters. The van der Waals surface area contributed by atoms with E-state index in [0.29, 0.717) is 36.7 Å². The molecule has 2 amide bonds. The normalized spacial score (nSPS) is 17.1. The van der Waals surface area contributed by atoms with Crippen molar-refractivity contribution in [2.75, 3.05) is 25.1 Å². The zero-order valence-electron chi connectivity index (χ0n) is 19.4.